The Hall–Kier alpha value is -2.74. The molecule has 0 fully saturated rings. The number of carbonyl (C=O) groups excluding carboxylic acids is 1. The second kappa shape index (κ2) is 5.71. The molecule has 4 nitrogen and oxygen atoms in total. The molecule has 5 heteroatoms. The molecule has 0 saturated heterocycles. The molecular formula is C16H13FN2O2. The van der Waals surface area contributed by atoms with Crippen molar-refractivity contribution in [3.8, 4) is 17.3 Å². The van der Waals surface area contributed by atoms with Crippen molar-refractivity contribution in [2.75, 3.05) is 0 Å². The van der Waals surface area contributed by atoms with Crippen LogP contribution in [0.1, 0.15) is 25.5 Å². The molecule has 0 saturated carbocycles. The zero-order chi connectivity index (χ0) is 15.6. The van der Waals surface area contributed by atoms with Crippen molar-refractivity contribution >= 4 is 5.78 Å². The highest BCUT2D eigenvalue weighted by atomic mass is 19.1. The van der Waals surface area contributed by atoms with Gasteiger partial charge in [-0.05, 0) is 55.8 Å². The lowest BCUT2D eigenvalue weighted by Crippen LogP contribution is -2.30. The van der Waals surface area contributed by atoms with Crippen molar-refractivity contribution in [1.29, 1.82) is 5.26 Å². The molecule has 0 aliphatic rings. The molecule has 0 aliphatic carbocycles. The maximum absolute atomic E-state index is 13.0. The molecule has 1 unspecified atom stereocenters. The van der Waals surface area contributed by atoms with E-state index < -0.39 is 11.6 Å². The summed E-state index contributed by atoms with van der Waals surface area (Å²) in [6, 6.07) is 9.72. The zero-order valence-corrected chi connectivity index (χ0v) is 11.6. The summed E-state index contributed by atoms with van der Waals surface area (Å²) < 4.78 is 14.3. The number of Topliss-reactive ketones (excluding diaryl/α,β-unsaturated/α-hetero) is 1. The van der Waals surface area contributed by atoms with E-state index in [0.717, 1.165) is 0 Å². The van der Waals surface area contributed by atoms with Crippen molar-refractivity contribution in [3.63, 3.8) is 0 Å². The molecule has 1 aromatic heterocycles. The van der Waals surface area contributed by atoms with E-state index in [0.29, 0.717) is 11.3 Å². The van der Waals surface area contributed by atoms with Gasteiger partial charge in [0.15, 0.2) is 5.78 Å². The van der Waals surface area contributed by atoms with Gasteiger partial charge < -0.3 is 0 Å². The highest BCUT2D eigenvalue weighted by molar-refractivity contribution is 5.80. The number of hydrogen-bond acceptors (Lipinski definition) is 3. The molecule has 0 radical (unpaired) electrons. The van der Waals surface area contributed by atoms with Gasteiger partial charge in [-0.1, -0.05) is 0 Å². The quantitative estimate of drug-likeness (QED) is 0.870. The predicted octanol–water partition coefficient (Wildman–Crippen LogP) is 2.68. The first-order chi connectivity index (χ1) is 9.95. The molecule has 106 valence electrons. The van der Waals surface area contributed by atoms with Crippen molar-refractivity contribution < 1.29 is 9.18 Å². The number of halogens is 1. The Morgan fingerprint density at radius 1 is 1.24 bits per heavy atom. The van der Waals surface area contributed by atoms with Crippen LogP contribution in [0.4, 0.5) is 4.39 Å². The highest BCUT2D eigenvalue weighted by Gasteiger charge is 2.18. The summed E-state index contributed by atoms with van der Waals surface area (Å²) in [7, 11) is 0. The van der Waals surface area contributed by atoms with E-state index in [1.165, 1.54) is 41.8 Å². The SMILES string of the molecule is CC(=O)C(C)n1c(-c2ccc(F)cc2)ccc(C#N)c1=O. The smallest absolute Gasteiger partial charge is 0.269 e. The monoisotopic (exact) mass is 284 g/mol. The van der Waals surface area contributed by atoms with Gasteiger partial charge in [-0.3, -0.25) is 14.2 Å². The van der Waals surface area contributed by atoms with Crippen LogP contribution in [-0.2, 0) is 4.79 Å². The molecule has 1 atom stereocenters. The van der Waals surface area contributed by atoms with Crippen LogP contribution >= 0.6 is 0 Å². The Balaban J connectivity index is 2.75. The predicted molar refractivity (Wildman–Crippen MR) is 76.2 cm³/mol. The van der Waals surface area contributed by atoms with Crippen LogP contribution < -0.4 is 5.56 Å². The number of pyridine rings is 1. The van der Waals surface area contributed by atoms with Gasteiger partial charge in [-0.25, -0.2) is 4.39 Å². The minimum Gasteiger partial charge on any atom is -0.298 e. The molecule has 2 rings (SSSR count). The summed E-state index contributed by atoms with van der Waals surface area (Å²) >= 11 is 0. The van der Waals surface area contributed by atoms with E-state index in [4.69, 9.17) is 5.26 Å². The Morgan fingerprint density at radius 2 is 1.86 bits per heavy atom. The maximum atomic E-state index is 13.0. The molecular weight excluding hydrogens is 271 g/mol. The van der Waals surface area contributed by atoms with E-state index in [1.807, 2.05) is 6.07 Å². The summed E-state index contributed by atoms with van der Waals surface area (Å²) in [6.07, 6.45) is 0. The largest absolute Gasteiger partial charge is 0.298 e. The van der Waals surface area contributed by atoms with Crippen LogP contribution in [0, 0.1) is 17.1 Å². The van der Waals surface area contributed by atoms with Crippen LogP contribution in [0.15, 0.2) is 41.2 Å². The molecule has 1 aromatic carbocycles. The van der Waals surface area contributed by atoms with Gasteiger partial charge in [0.2, 0.25) is 0 Å². The maximum Gasteiger partial charge on any atom is 0.269 e. The van der Waals surface area contributed by atoms with Gasteiger partial charge in [-0.15, -0.1) is 0 Å². The van der Waals surface area contributed by atoms with Gasteiger partial charge in [0.05, 0.1) is 11.7 Å². The fourth-order valence-corrected chi connectivity index (χ4v) is 2.06. The summed E-state index contributed by atoms with van der Waals surface area (Å²) in [5.41, 5.74) is 0.517. The van der Waals surface area contributed by atoms with Crippen LogP contribution in [0.25, 0.3) is 11.3 Å². The van der Waals surface area contributed by atoms with Gasteiger partial charge >= 0.3 is 0 Å². The van der Waals surface area contributed by atoms with E-state index in [1.54, 1.807) is 13.0 Å². The van der Waals surface area contributed by atoms with Crippen LogP contribution in [-0.4, -0.2) is 10.4 Å². The molecule has 1 heterocycles. The zero-order valence-electron chi connectivity index (χ0n) is 11.6. The van der Waals surface area contributed by atoms with E-state index in [2.05, 4.69) is 0 Å². The van der Waals surface area contributed by atoms with Crippen molar-refractivity contribution in [2.24, 2.45) is 0 Å². The number of carbonyl (C=O) groups is 1. The topological polar surface area (TPSA) is 62.9 Å². The van der Waals surface area contributed by atoms with Crippen LogP contribution in [0.2, 0.25) is 0 Å². The first-order valence-electron chi connectivity index (χ1n) is 6.37. The normalized spacial score (nSPS) is 11.7. The van der Waals surface area contributed by atoms with E-state index in [9.17, 15) is 14.0 Å². The average Bonchev–Trinajstić information content (AvgIpc) is 2.47. The van der Waals surface area contributed by atoms with Crippen molar-refractivity contribution in [3.05, 3.63) is 58.1 Å². The van der Waals surface area contributed by atoms with Gasteiger partial charge in [0, 0.05) is 0 Å². The van der Waals surface area contributed by atoms with E-state index >= 15 is 0 Å². The van der Waals surface area contributed by atoms with E-state index in [-0.39, 0.29) is 17.2 Å². The third kappa shape index (κ3) is 2.75. The first-order valence-corrected chi connectivity index (χ1v) is 6.37. The van der Waals surface area contributed by atoms with Gasteiger partial charge in [0.25, 0.3) is 5.56 Å². The Bertz CT molecular complexity index is 785. The molecule has 2 aromatic rings. The van der Waals surface area contributed by atoms with Gasteiger partial charge in [0.1, 0.15) is 17.4 Å². The second-order valence-corrected chi connectivity index (χ2v) is 4.71. The Morgan fingerprint density at radius 3 is 2.38 bits per heavy atom. The second-order valence-electron chi connectivity index (χ2n) is 4.71. The molecule has 0 amide bonds. The van der Waals surface area contributed by atoms with Crippen molar-refractivity contribution in [2.45, 2.75) is 19.9 Å². The Kier molecular flexibility index (Phi) is 3.99. The number of nitrogens with zero attached hydrogens (tertiary/aromatic N) is 2. The number of rotatable bonds is 3. The number of hydrogen-bond donors (Lipinski definition) is 0. The molecule has 0 aliphatic heterocycles. The standard InChI is InChI=1S/C16H13FN2O2/c1-10(11(2)20)19-15(8-5-13(9-18)16(19)21)12-3-6-14(17)7-4-12/h3-8,10H,1-2H3. The van der Waals surface area contributed by atoms with Crippen LogP contribution in [0.3, 0.4) is 0 Å². The fourth-order valence-electron chi connectivity index (χ4n) is 2.06. The molecule has 0 N–H and O–H groups in total. The summed E-state index contributed by atoms with van der Waals surface area (Å²) in [5.74, 6) is -0.587. The highest BCUT2D eigenvalue weighted by Crippen LogP contribution is 2.22. The summed E-state index contributed by atoms with van der Waals surface area (Å²) in [4.78, 5) is 24.0. The lowest BCUT2D eigenvalue weighted by molar-refractivity contribution is -0.119. The van der Waals surface area contributed by atoms with Crippen LogP contribution in [0.5, 0.6) is 0 Å². The number of aromatic nitrogens is 1. The van der Waals surface area contributed by atoms with Crippen molar-refractivity contribution in [1.82, 2.24) is 4.57 Å². The lowest BCUT2D eigenvalue weighted by atomic mass is 10.1. The number of nitriles is 1. The lowest BCUT2D eigenvalue weighted by Gasteiger charge is -2.18. The number of benzene rings is 1. The minimum absolute atomic E-state index is 0.0334. The molecule has 21 heavy (non-hydrogen) atoms. The van der Waals surface area contributed by atoms with Gasteiger partial charge in [-0.2, -0.15) is 5.26 Å². The summed E-state index contributed by atoms with van der Waals surface area (Å²) in [6.45, 7) is 2.97. The molecule has 0 bridgehead atoms. The number of ketones is 1. The third-order valence-electron chi connectivity index (χ3n) is 3.35. The fraction of sp³-hybridized carbons (Fsp3) is 0.188. The average molecular weight is 284 g/mol. The third-order valence-corrected chi connectivity index (χ3v) is 3.35. The molecule has 0 spiro atoms. The summed E-state index contributed by atoms with van der Waals surface area (Å²) in [5, 5.41) is 8.96. The minimum atomic E-state index is -0.703. The first kappa shape index (κ1) is 14.7. The Labute approximate surface area is 121 Å².